The van der Waals surface area contributed by atoms with E-state index in [2.05, 4.69) is 27.1 Å². The highest BCUT2D eigenvalue weighted by Gasteiger charge is 2.20. The first-order valence-electron chi connectivity index (χ1n) is 8.38. The van der Waals surface area contributed by atoms with E-state index in [4.69, 9.17) is 5.73 Å². The summed E-state index contributed by atoms with van der Waals surface area (Å²) in [5.41, 5.74) is 8.37. The molecule has 3 rings (SSSR count). The predicted octanol–water partition coefficient (Wildman–Crippen LogP) is 2.92. The van der Waals surface area contributed by atoms with E-state index >= 15 is 0 Å². The Morgan fingerprint density at radius 2 is 2.08 bits per heavy atom. The number of allylic oxidation sites excluding steroid dienone is 1. The number of carbonyl (C=O) groups excluding carboxylic acids is 1. The van der Waals surface area contributed by atoms with Gasteiger partial charge in [0.1, 0.15) is 5.82 Å². The molecule has 5 heteroatoms. The molecule has 0 radical (unpaired) electrons. The minimum atomic E-state index is -0.199. The van der Waals surface area contributed by atoms with Crippen molar-refractivity contribution in [3.8, 4) is 0 Å². The van der Waals surface area contributed by atoms with Crippen molar-refractivity contribution in [1.82, 2.24) is 14.5 Å². The van der Waals surface area contributed by atoms with Crippen molar-refractivity contribution in [3.05, 3.63) is 48.4 Å². The van der Waals surface area contributed by atoms with Gasteiger partial charge in [-0.1, -0.05) is 18.7 Å². The maximum Gasteiger partial charge on any atom is 0.217 e. The normalized spacial score (nSPS) is 16.1. The number of carbonyl (C=O) groups is 1. The Morgan fingerprint density at radius 3 is 2.79 bits per heavy atom. The Hall–Kier alpha value is -2.56. The quantitative estimate of drug-likeness (QED) is 0.860. The third-order valence-electron chi connectivity index (χ3n) is 4.70. The number of hydrogen-bond acceptors (Lipinski definition) is 3. The molecule has 1 aliphatic heterocycles. The molecular weight excluding hydrogens is 300 g/mol. The van der Waals surface area contributed by atoms with Crippen LogP contribution in [0.15, 0.2) is 42.6 Å². The third-order valence-corrected chi connectivity index (χ3v) is 4.70. The van der Waals surface area contributed by atoms with E-state index in [1.807, 2.05) is 37.4 Å². The van der Waals surface area contributed by atoms with Gasteiger partial charge in [0.2, 0.25) is 5.91 Å². The molecule has 1 aliphatic rings. The number of piperidine rings is 1. The largest absolute Gasteiger partial charge is 0.372 e. The summed E-state index contributed by atoms with van der Waals surface area (Å²) < 4.78 is 2.08. The number of primary amides is 1. The number of fused-ring (bicyclic) bond motifs is 1. The number of amides is 1. The van der Waals surface area contributed by atoms with Crippen molar-refractivity contribution in [2.75, 3.05) is 13.1 Å². The van der Waals surface area contributed by atoms with Crippen LogP contribution in [0.25, 0.3) is 17.2 Å². The molecule has 0 spiro atoms. The molecule has 0 saturated carbocycles. The van der Waals surface area contributed by atoms with Gasteiger partial charge in [-0.25, -0.2) is 4.98 Å². The van der Waals surface area contributed by atoms with E-state index in [9.17, 15) is 4.79 Å². The number of rotatable bonds is 5. The van der Waals surface area contributed by atoms with Gasteiger partial charge in [0, 0.05) is 31.4 Å². The molecule has 1 fully saturated rings. The lowest BCUT2D eigenvalue weighted by molar-refractivity contribution is -0.119. The molecule has 5 nitrogen and oxygen atoms in total. The molecule has 1 aromatic carbocycles. The van der Waals surface area contributed by atoms with Crippen molar-refractivity contribution >= 4 is 23.1 Å². The summed E-state index contributed by atoms with van der Waals surface area (Å²) in [6.45, 7) is 8.03. The monoisotopic (exact) mass is 324 g/mol. The summed E-state index contributed by atoms with van der Waals surface area (Å²) in [7, 11) is 0. The van der Waals surface area contributed by atoms with Gasteiger partial charge in [-0.2, -0.15) is 0 Å². The van der Waals surface area contributed by atoms with Crippen molar-refractivity contribution in [3.63, 3.8) is 0 Å². The first-order valence-corrected chi connectivity index (χ1v) is 8.38. The van der Waals surface area contributed by atoms with Crippen LogP contribution in [-0.4, -0.2) is 33.4 Å². The summed E-state index contributed by atoms with van der Waals surface area (Å²) in [5, 5.41) is 0. The zero-order valence-electron chi connectivity index (χ0n) is 14.1. The van der Waals surface area contributed by atoms with Gasteiger partial charge in [0.25, 0.3) is 0 Å². The number of hydrogen-bond donors (Lipinski definition) is 1. The number of nitrogens with two attached hydrogens (primary N) is 1. The highest BCUT2D eigenvalue weighted by Crippen LogP contribution is 2.23. The Balaban J connectivity index is 1.65. The van der Waals surface area contributed by atoms with E-state index in [-0.39, 0.29) is 5.91 Å². The second kappa shape index (κ2) is 6.91. The van der Waals surface area contributed by atoms with Gasteiger partial charge < -0.3 is 15.2 Å². The Morgan fingerprint density at radius 1 is 1.38 bits per heavy atom. The van der Waals surface area contributed by atoms with Gasteiger partial charge in [0.15, 0.2) is 0 Å². The molecule has 1 saturated heterocycles. The lowest BCUT2D eigenvalue weighted by atomic mass is 9.93. The highest BCUT2D eigenvalue weighted by molar-refractivity contribution is 5.78. The second-order valence-corrected chi connectivity index (χ2v) is 6.43. The molecule has 2 aromatic rings. The predicted molar refractivity (Wildman–Crippen MR) is 97.0 cm³/mol. The number of aromatic nitrogens is 2. The fourth-order valence-corrected chi connectivity index (χ4v) is 3.33. The molecular formula is C19H24N4O. The van der Waals surface area contributed by atoms with Gasteiger partial charge in [0.05, 0.1) is 11.0 Å². The summed E-state index contributed by atoms with van der Waals surface area (Å²) in [4.78, 5) is 17.9. The molecule has 0 aliphatic carbocycles. The van der Waals surface area contributed by atoms with Crippen LogP contribution in [0, 0.1) is 12.8 Å². The number of benzene rings is 1. The van der Waals surface area contributed by atoms with E-state index in [1.165, 1.54) is 0 Å². The van der Waals surface area contributed by atoms with Gasteiger partial charge in [-0.05, 0) is 43.9 Å². The van der Waals surface area contributed by atoms with Gasteiger partial charge in [-0.3, -0.25) is 4.79 Å². The summed E-state index contributed by atoms with van der Waals surface area (Å²) in [5.74, 6) is 1.17. The average Bonchev–Trinajstić information content (AvgIpc) is 2.88. The zero-order valence-corrected chi connectivity index (χ0v) is 14.1. The van der Waals surface area contributed by atoms with Crippen LogP contribution < -0.4 is 5.73 Å². The van der Waals surface area contributed by atoms with Crippen LogP contribution in [-0.2, 0) is 4.79 Å². The van der Waals surface area contributed by atoms with Crippen LogP contribution in [0.3, 0.4) is 0 Å². The number of imidazole rings is 1. The maximum absolute atomic E-state index is 11.0. The Labute approximate surface area is 142 Å². The first kappa shape index (κ1) is 16.3. The lowest BCUT2D eigenvalue weighted by Gasteiger charge is -2.33. The summed E-state index contributed by atoms with van der Waals surface area (Å²) in [6, 6.07) is 8.10. The Kier molecular flexibility index (Phi) is 4.69. The lowest BCUT2D eigenvalue weighted by Crippen LogP contribution is -2.33. The number of nitrogens with zero attached hydrogens (tertiary/aromatic N) is 3. The van der Waals surface area contributed by atoms with Crippen LogP contribution in [0.1, 0.15) is 25.1 Å². The van der Waals surface area contributed by atoms with Gasteiger partial charge >= 0.3 is 0 Å². The molecule has 1 aromatic heterocycles. The molecule has 24 heavy (non-hydrogen) atoms. The molecule has 1 amide bonds. The number of likely N-dealkylation sites (tertiary alicyclic amines) is 1. The topological polar surface area (TPSA) is 64.2 Å². The SMILES string of the molecule is C=C(/C=C\n1c(C)nc2ccccc21)N1CCC(CC(N)=O)CC1. The average molecular weight is 324 g/mol. The van der Waals surface area contributed by atoms with Crippen molar-refractivity contribution in [2.24, 2.45) is 11.7 Å². The van der Waals surface area contributed by atoms with Crippen LogP contribution in [0.4, 0.5) is 0 Å². The Bertz CT molecular complexity index is 782. The van der Waals surface area contributed by atoms with E-state index in [1.54, 1.807) is 0 Å². The van der Waals surface area contributed by atoms with Crippen molar-refractivity contribution < 1.29 is 4.79 Å². The number of para-hydroxylation sites is 2. The zero-order chi connectivity index (χ0) is 17.1. The van der Waals surface area contributed by atoms with Crippen molar-refractivity contribution in [1.29, 1.82) is 0 Å². The van der Waals surface area contributed by atoms with E-state index < -0.39 is 0 Å². The van der Waals surface area contributed by atoms with Crippen molar-refractivity contribution in [2.45, 2.75) is 26.2 Å². The van der Waals surface area contributed by atoms with Crippen LogP contribution in [0.5, 0.6) is 0 Å². The minimum absolute atomic E-state index is 0.199. The fraction of sp³-hybridized carbons (Fsp3) is 0.368. The second-order valence-electron chi connectivity index (χ2n) is 6.43. The highest BCUT2D eigenvalue weighted by atomic mass is 16.1. The van der Waals surface area contributed by atoms with Crippen LogP contribution in [0.2, 0.25) is 0 Å². The number of aryl methyl sites for hydroxylation is 1. The summed E-state index contributed by atoms with van der Waals surface area (Å²) in [6.07, 6.45) is 6.54. The molecule has 2 heterocycles. The molecule has 126 valence electrons. The first-order chi connectivity index (χ1) is 11.5. The summed E-state index contributed by atoms with van der Waals surface area (Å²) >= 11 is 0. The maximum atomic E-state index is 11.0. The van der Waals surface area contributed by atoms with Gasteiger partial charge in [-0.15, -0.1) is 0 Å². The minimum Gasteiger partial charge on any atom is -0.372 e. The molecule has 0 atom stereocenters. The smallest absolute Gasteiger partial charge is 0.217 e. The standard InChI is InChI=1S/C19H24N4O/c1-14(22-10-8-16(9-11-22)13-19(20)24)7-12-23-15(2)21-17-5-3-4-6-18(17)23/h3-7,12,16H,1,8-11,13H2,2H3,(H2,20,24)/b12-7-. The van der Waals surface area contributed by atoms with E-state index in [0.29, 0.717) is 12.3 Å². The third kappa shape index (κ3) is 3.50. The van der Waals surface area contributed by atoms with E-state index in [0.717, 1.165) is 48.5 Å². The van der Waals surface area contributed by atoms with Crippen LogP contribution >= 0.6 is 0 Å². The fourth-order valence-electron chi connectivity index (χ4n) is 3.33. The molecule has 2 N–H and O–H groups in total. The molecule has 0 unspecified atom stereocenters. The molecule has 0 bridgehead atoms.